The van der Waals surface area contributed by atoms with Crippen molar-refractivity contribution in [3.63, 3.8) is 0 Å². The molecule has 12 heteroatoms. The van der Waals surface area contributed by atoms with Crippen LogP contribution in [0.5, 0.6) is 11.5 Å². The molecule has 3 aromatic rings. The lowest BCUT2D eigenvalue weighted by Crippen LogP contribution is -2.45. The molecule has 1 aliphatic heterocycles. The van der Waals surface area contributed by atoms with Crippen LogP contribution in [-0.2, 0) is 17.9 Å². The summed E-state index contributed by atoms with van der Waals surface area (Å²) in [5, 5.41) is 8.44. The van der Waals surface area contributed by atoms with Crippen LogP contribution >= 0.6 is 0 Å². The molecule has 0 unspecified atom stereocenters. The first kappa shape index (κ1) is 34.5. The van der Waals surface area contributed by atoms with Gasteiger partial charge in [0.1, 0.15) is 22.8 Å². The van der Waals surface area contributed by atoms with Crippen LogP contribution < -0.4 is 13.8 Å². The molecule has 1 aromatic carbocycles. The molecule has 2 aromatic heterocycles. The van der Waals surface area contributed by atoms with Gasteiger partial charge in [0.2, 0.25) is 16.6 Å². The summed E-state index contributed by atoms with van der Waals surface area (Å²) in [4.78, 5) is 30.6. The van der Waals surface area contributed by atoms with Gasteiger partial charge in [0.05, 0.1) is 24.1 Å². The fourth-order valence-electron chi connectivity index (χ4n) is 4.69. The quantitative estimate of drug-likeness (QED) is 0.170. The highest BCUT2D eigenvalue weighted by atomic mass is 28.4. The van der Waals surface area contributed by atoms with E-state index >= 15 is 0 Å². The van der Waals surface area contributed by atoms with Crippen molar-refractivity contribution >= 4 is 34.3 Å². The lowest BCUT2D eigenvalue weighted by molar-refractivity contribution is -0.123. The Morgan fingerprint density at radius 3 is 1.87 bits per heavy atom. The highest BCUT2D eigenvalue weighted by molar-refractivity contribution is 6.75. The molecule has 10 nitrogen and oxygen atoms in total. The smallest absolute Gasteiger partial charge is 0.332 e. The highest BCUT2D eigenvalue weighted by Crippen LogP contribution is 2.42. The fraction of sp³-hybridized carbons (Fsp3) is 0.576. The lowest BCUT2D eigenvalue weighted by atomic mass is 10.0. The molecular weight excluding hydrogens is 603 g/mol. The number of urea groups is 1. The van der Waals surface area contributed by atoms with E-state index < -0.39 is 28.2 Å². The normalized spacial score (nSPS) is 16.1. The molecule has 0 saturated carbocycles. The van der Waals surface area contributed by atoms with Crippen molar-refractivity contribution < 1.29 is 23.0 Å². The average molecular weight is 654 g/mol. The zero-order valence-electron chi connectivity index (χ0n) is 29.6. The summed E-state index contributed by atoms with van der Waals surface area (Å²) in [5.74, 6) is 1.85. The second-order valence-corrected chi connectivity index (χ2v) is 25.3. The van der Waals surface area contributed by atoms with E-state index in [1.807, 2.05) is 32.0 Å². The van der Waals surface area contributed by atoms with Crippen LogP contribution in [0.15, 0.2) is 35.1 Å². The predicted octanol–water partition coefficient (Wildman–Crippen LogP) is 8.05. The SMILES string of the molecule is Cc1noc(C)c1Cn1cc(N2C(=O)N(Cc3cc(O[Si](C)(C)C(C)(C)C)cc(O[Si](C)(C)C(C)(C)C)c3)C(C)(C)C2=O)cn1. The van der Waals surface area contributed by atoms with E-state index in [1.54, 1.807) is 35.8 Å². The molecular formula is C33H51N5O5Si2. The number of hydrogen-bond donors (Lipinski definition) is 0. The van der Waals surface area contributed by atoms with Crippen LogP contribution in [0.25, 0.3) is 0 Å². The maximum absolute atomic E-state index is 14.0. The zero-order valence-corrected chi connectivity index (χ0v) is 31.6. The maximum atomic E-state index is 14.0. The van der Waals surface area contributed by atoms with E-state index in [-0.39, 0.29) is 22.5 Å². The average Bonchev–Trinajstić information content (AvgIpc) is 3.50. The van der Waals surface area contributed by atoms with Crippen LogP contribution in [0, 0.1) is 13.8 Å². The Labute approximate surface area is 270 Å². The fourth-order valence-corrected chi connectivity index (χ4v) is 6.72. The Kier molecular flexibility index (Phi) is 8.77. The predicted molar refractivity (Wildman–Crippen MR) is 182 cm³/mol. The highest BCUT2D eigenvalue weighted by Gasteiger charge is 2.52. The van der Waals surface area contributed by atoms with Crippen LogP contribution in [0.1, 0.15) is 78.0 Å². The van der Waals surface area contributed by atoms with E-state index in [0.29, 0.717) is 18.0 Å². The minimum absolute atomic E-state index is 0.000749. The Morgan fingerprint density at radius 2 is 1.40 bits per heavy atom. The number of hydrogen-bond acceptors (Lipinski definition) is 7. The molecule has 0 atom stereocenters. The van der Waals surface area contributed by atoms with Crippen molar-refractivity contribution in [2.75, 3.05) is 4.90 Å². The molecule has 3 amide bonds. The zero-order chi connectivity index (χ0) is 33.9. The van der Waals surface area contributed by atoms with E-state index in [1.165, 1.54) is 4.90 Å². The van der Waals surface area contributed by atoms with Gasteiger partial charge in [-0.1, -0.05) is 46.7 Å². The molecule has 0 radical (unpaired) electrons. The van der Waals surface area contributed by atoms with E-state index in [9.17, 15) is 9.59 Å². The van der Waals surface area contributed by atoms with Crippen molar-refractivity contribution in [3.8, 4) is 11.5 Å². The molecule has 0 bridgehead atoms. The standard InChI is InChI=1S/C33H51N5O5Si2/c1-22-28(23(2)41-35-22)21-36-20-25(18-34-36)38-29(39)33(9,10)37(30(38)40)19-24-15-26(42-44(11,12)31(3,4)5)17-27(16-24)43-45(13,14)32(6,7)8/h15-18,20H,19,21H2,1-14H3. The number of carbonyl (C=O) groups is 2. The van der Waals surface area contributed by atoms with Gasteiger partial charge in [-0.25, -0.2) is 9.69 Å². The summed E-state index contributed by atoms with van der Waals surface area (Å²) in [6, 6.07) is 5.55. The molecule has 0 spiro atoms. The van der Waals surface area contributed by atoms with E-state index in [0.717, 1.165) is 28.3 Å². The van der Waals surface area contributed by atoms with Gasteiger partial charge in [0, 0.05) is 24.4 Å². The largest absolute Gasteiger partial charge is 0.543 e. The van der Waals surface area contributed by atoms with Crippen LogP contribution in [0.2, 0.25) is 36.3 Å². The minimum Gasteiger partial charge on any atom is -0.543 e. The Bertz CT molecular complexity index is 1530. The molecule has 0 aliphatic carbocycles. The second-order valence-electron chi connectivity index (χ2n) is 15.8. The van der Waals surface area contributed by atoms with Gasteiger partial charge in [-0.3, -0.25) is 9.48 Å². The first-order valence-corrected chi connectivity index (χ1v) is 21.4. The van der Waals surface area contributed by atoms with Crippen LogP contribution in [-0.4, -0.2) is 53.9 Å². The lowest BCUT2D eigenvalue weighted by Gasteiger charge is -2.38. The van der Waals surface area contributed by atoms with Gasteiger partial charge in [0.15, 0.2) is 0 Å². The number of aryl methyl sites for hydroxylation is 2. The number of amides is 3. The van der Waals surface area contributed by atoms with Gasteiger partial charge in [-0.15, -0.1) is 0 Å². The number of benzene rings is 1. The van der Waals surface area contributed by atoms with Crippen molar-refractivity contribution in [1.82, 2.24) is 19.8 Å². The molecule has 3 heterocycles. The van der Waals surface area contributed by atoms with Gasteiger partial charge < -0.3 is 18.3 Å². The van der Waals surface area contributed by atoms with Crippen molar-refractivity contribution in [3.05, 3.63) is 53.2 Å². The second kappa shape index (κ2) is 11.4. The topological polar surface area (TPSA) is 103 Å². The van der Waals surface area contributed by atoms with Crippen molar-refractivity contribution in [2.24, 2.45) is 0 Å². The van der Waals surface area contributed by atoms with Gasteiger partial charge in [0.25, 0.3) is 5.91 Å². The van der Waals surface area contributed by atoms with Gasteiger partial charge >= 0.3 is 6.03 Å². The summed E-state index contributed by atoms with van der Waals surface area (Å²) >= 11 is 0. The van der Waals surface area contributed by atoms with Crippen molar-refractivity contribution in [1.29, 1.82) is 0 Å². The Hall–Kier alpha value is -3.39. The molecule has 0 N–H and O–H groups in total. The summed E-state index contributed by atoms with van der Waals surface area (Å²) in [6.45, 7) is 30.0. The van der Waals surface area contributed by atoms with E-state index in [4.69, 9.17) is 13.4 Å². The third kappa shape index (κ3) is 6.76. The molecule has 45 heavy (non-hydrogen) atoms. The minimum atomic E-state index is -2.17. The third-order valence-corrected chi connectivity index (χ3v) is 18.6. The van der Waals surface area contributed by atoms with Crippen molar-refractivity contribution in [2.45, 2.75) is 124 Å². The Morgan fingerprint density at radius 1 is 0.867 bits per heavy atom. The summed E-state index contributed by atoms with van der Waals surface area (Å²) in [6.07, 6.45) is 3.26. The van der Waals surface area contributed by atoms with E-state index in [2.05, 4.69) is 78.0 Å². The molecule has 1 aliphatic rings. The maximum Gasteiger partial charge on any atom is 0.332 e. The first-order valence-electron chi connectivity index (χ1n) is 15.6. The summed E-state index contributed by atoms with van der Waals surface area (Å²) in [5.41, 5.74) is 1.87. The molecule has 1 fully saturated rings. The molecule has 4 rings (SSSR count). The van der Waals surface area contributed by atoms with Gasteiger partial charge in [-0.2, -0.15) is 5.10 Å². The summed E-state index contributed by atoms with van der Waals surface area (Å²) < 4.78 is 20.4. The monoisotopic (exact) mass is 653 g/mol. The number of carbonyl (C=O) groups excluding carboxylic acids is 2. The third-order valence-electron chi connectivity index (χ3n) is 9.84. The Balaban J connectivity index is 1.67. The molecule has 246 valence electrons. The van der Waals surface area contributed by atoms with Gasteiger partial charge in [-0.05, 0) is 81.7 Å². The number of nitrogens with zero attached hydrogens (tertiary/aromatic N) is 5. The van der Waals surface area contributed by atoms with Crippen LogP contribution in [0.4, 0.5) is 10.5 Å². The number of imide groups is 1. The van der Waals surface area contributed by atoms with Crippen LogP contribution in [0.3, 0.4) is 0 Å². The number of rotatable bonds is 9. The number of aromatic nitrogens is 3. The molecule has 1 saturated heterocycles. The first-order chi connectivity index (χ1) is 20.4. The summed E-state index contributed by atoms with van der Waals surface area (Å²) in [7, 11) is -4.35. The number of anilines is 1.